The predicted molar refractivity (Wildman–Crippen MR) is 88.3 cm³/mol. The Morgan fingerprint density at radius 2 is 2.05 bits per heavy atom. The molecule has 1 aromatic rings. The maximum Gasteiger partial charge on any atom is 0.0429 e. The molecule has 1 heteroatoms. The maximum absolute atomic E-state index is 3.81. The molecule has 106 valence electrons. The molecule has 0 heterocycles. The first-order valence-electron chi connectivity index (χ1n) is 7.58. The van der Waals surface area contributed by atoms with Gasteiger partial charge >= 0.3 is 0 Å². The second kappa shape index (κ2) is 7.14. The molecule has 0 N–H and O–H groups in total. The van der Waals surface area contributed by atoms with E-state index >= 15 is 0 Å². The fourth-order valence-electron chi connectivity index (χ4n) is 2.55. The van der Waals surface area contributed by atoms with Gasteiger partial charge in [-0.3, -0.25) is 0 Å². The standard InChI is InChI=1S/C19H25N/c1-4-16(3)20(19-9-7-6-8-10-19)15-18-13-11-17(5-2)12-14-18/h5-7,9,11-14,16H,2,4,8,10,15H2,1,3H3. The summed E-state index contributed by atoms with van der Waals surface area (Å²) in [7, 11) is 0. The Morgan fingerprint density at radius 3 is 2.60 bits per heavy atom. The molecule has 0 bridgehead atoms. The quantitative estimate of drug-likeness (QED) is 0.687. The van der Waals surface area contributed by atoms with Crippen LogP contribution in [0.15, 0.2) is 54.8 Å². The largest absolute Gasteiger partial charge is 0.368 e. The number of nitrogens with zero attached hydrogens (tertiary/aromatic N) is 1. The van der Waals surface area contributed by atoms with Crippen LogP contribution in [0.1, 0.15) is 44.2 Å². The fraction of sp³-hybridized carbons (Fsp3) is 0.368. The Morgan fingerprint density at radius 1 is 1.30 bits per heavy atom. The number of hydrogen-bond acceptors (Lipinski definition) is 1. The topological polar surface area (TPSA) is 3.24 Å². The molecule has 0 aromatic heterocycles. The summed E-state index contributed by atoms with van der Waals surface area (Å²) in [6.07, 6.45) is 12.1. The highest BCUT2D eigenvalue weighted by Gasteiger charge is 2.16. The summed E-state index contributed by atoms with van der Waals surface area (Å²) in [5.41, 5.74) is 4.02. The Hall–Kier alpha value is -1.76. The summed E-state index contributed by atoms with van der Waals surface area (Å²) in [4.78, 5) is 2.55. The lowest BCUT2D eigenvalue weighted by Crippen LogP contribution is -2.31. The second-order valence-corrected chi connectivity index (χ2v) is 5.46. The minimum absolute atomic E-state index is 0.576. The van der Waals surface area contributed by atoms with Gasteiger partial charge in [0.2, 0.25) is 0 Å². The van der Waals surface area contributed by atoms with Crippen molar-refractivity contribution in [3.05, 3.63) is 65.9 Å². The van der Waals surface area contributed by atoms with E-state index in [0.29, 0.717) is 6.04 Å². The molecule has 1 aromatic carbocycles. The molecule has 20 heavy (non-hydrogen) atoms. The monoisotopic (exact) mass is 267 g/mol. The van der Waals surface area contributed by atoms with Crippen LogP contribution < -0.4 is 0 Å². The van der Waals surface area contributed by atoms with E-state index in [9.17, 15) is 0 Å². The summed E-state index contributed by atoms with van der Waals surface area (Å²) in [6.45, 7) is 9.38. The van der Waals surface area contributed by atoms with Gasteiger partial charge in [-0.05, 0) is 43.4 Å². The summed E-state index contributed by atoms with van der Waals surface area (Å²) in [5, 5.41) is 0. The zero-order chi connectivity index (χ0) is 14.4. The zero-order valence-corrected chi connectivity index (χ0v) is 12.7. The fourth-order valence-corrected chi connectivity index (χ4v) is 2.55. The molecule has 1 atom stereocenters. The highest BCUT2D eigenvalue weighted by Crippen LogP contribution is 2.23. The summed E-state index contributed by atoms with van der Waals surface area (Å²) < 4.78 is 0. The van der Waals surface area contributed by atoms with Crippen LogP contribution >= 0.6 is 0 Å². The van der Waals surface area contributed by atoms with Crippen LogP contribution in [0.25, 0.3) is 6.08 Å². The van der Waals surface area contributed by atoms with E-state index in [-0.39, 0.29) is 0 Å². The van der Waals surface area contributed by atoms with Crippen molar-refractivity contribution in [2.45, 2.75) is 45.7 Å². The van der Waals surface area contributed by atoms with E-state index in [1.807, 2.05) is 6.08 Å². The third kappa shape index (κ3) is 3.63. The van der Waals surface area contributed by atoms with Crippen molar-refractivity contribution < 1.29 is 0 Å². The van der Waals surface area contributed by atoms with Gasteiger partial charge < -0.3 is 4.90 Å². The highest BCUT2D eigenvalue weighted by atomic mass is 15.2. The van der Waals surface area contributed by atoms with Crippen molar-refractivity contribution >= 4 is 6.08 Å². The molecule has 0 aliphatic heterocycles. The Balaban J connectivity index is 2.16. The van der Waals surface area contributed by atoms with Crippen molar-refractivity contribution in [1.29, 1.82) is 0 Å². The second-order valence-electron chi connectivity index (χ2n) is 5.46. The van der Waals surface area contributed by atoms with Crippen LogP contribution in [0.4, 0.5) is 0 Å². The number of hydrogen-bond donors (Lipinski definition) is 0. The van der Waals surface area contributed by atoms with Gasteiger partial charge in [0.05, 0.1) is 0 Å². The number of allylic oxidation sites excluding steroid dienone is 4. The molecule has 2 rings (SSSR count). The molecule has 0 saturated carbocycles. The zero-order valence-electron chi connectivity index (χ0n) is 12.7. The van der Waals surface area contributed by atoms with E-state index in [4.69, 9.17) is 0 Å². The third-order valence-corrected chi connectivity index (χ3v) is 4.05. The van der Waals surface area contributed by atoms with Crippen LogP contribution in [0.5, 0.6) is 0 Å². The van der Waals surface area contributed by atoms with Crippen LogP contribution in [0.2, 0.25) is 0 Å². The minimum atomic E-state index is 0.576. The smallest absolute Gasteiger partial charge is 0.0429 e. The predicted octanol–water partition coefficient (Wildman–Crippen LogP) is 5.16. The third-order valence-electron chi connectivity index (χ3n) is 4.05. The first-order chi connectivity index (χ1) is 9.74. The van der Waals surface area contributed by atoms with Crippen LogP contribution in [-0.4, -0.2) is 10.9 Å². The lowest BCUT2D eigenvalue weighted by atomic mass is 10.0. The van der Waals surface area contributed by atoms with Crippen LogP contribution in [0, 0.1) is 0 Å². The molecule has 0 fully saturated rings. The average molecular weight is 267 g/mol. The van der Waals surface area contributed by atoms with Gasteiger partial charge in [-0.2, -0.15) is 0 Å². The van der Waals surface area contributed by atoms with E-state index in [2.05, 4.69) is 67.8 Å². The molecule has 1 aliphatic carbocycles. The summed E-state index contributed by atoms with van der Waals surface area (Å²) in [5.74, 6) is 0. The molecule has 1 unspecified atom stereocenters. The molecule has 0 spiro atoms. The Bertz CT molecular complexity index is 493. The maximum atomic E-state index is 3.81. The van der Waals surface area contributed by atoms with E-state index in [0.717, 1.165) is 19.4 Å². The average Bonchev–Trinajstić information content (AvgIpc) is 2.53. The lowest BCUT2D eigenvalue weighted by Gasteiger charge is -2.34. The van der Waals surface area contributed by atoms with Gasteiger partial charge in [0.1, 0.15) is 0 Å². The molecule has 1 nitrogen and oxygen atoms in total. The normalized spacial score (nSPS) is 15.6. The van der Waals surface area contributed by atoms with Crippen molar-refractivity contribution in [2.75, 3.05) is 0 Å². The van der Waals surface area contributed by atoms with Crippen LogP contribution in [-0.2, 0) is 6.54 Å². The van der Waals surface area contributed by atoms with Gasteiger partial charge in [-0.25, -0.2) is 0 Å². The van der Waals surface area contributed by atoms with E-state index < -0.39 is 0 Å². The van der Waals surface area contributed by atoms with E-state index in [1.54, 1.807) is 0 Å². The summed E-state index contributed by atoms with van der Waals surface area (Å²) >= 11 is 0. The van der Waals surface area contributed by atoms with Crippen molar-refractivity contribution in [2.24, 2.45) is 0 Å². The van der Waals surface area contributed by atoms with Gasteiger partial charge in [-0.1, -0.05) is 56.0 Å². The molecule has 0 radical (unpaired) electrons. The first kappa shape index (κ1) is 14.6. The first-order valence-corrected chi connectivity index (χ1v) is 7.58. The van der Waals surface area contributed by atoms with Crippen LogP contribution in [0.3, 0.4) is 0 Å². The van der Waals surface area contributed by atoms with Gasteiger partial charge in [0, 0.05) is 18.3 Å². The Labute approximate surface area is 123 Å². The Kier molecular flexibility index (Phi) is 5.23. The van der Waals surface area contributed by atoms with Gasteiger partial charge in [0.15, 0.2) is 0 Å². The SMILES string of the molecule is C=Cc1ccc(CN(C2=CC=CCC2)C(C)CC)cc1. The summed E-state index contributed by atoms with van der Waals surface area (Å²) in [6, 6.07) is 9.29. The van der Waals surface area contributed by atoms with Crippen molar-refractivity contribution in [3.8, 4) is 0 Å². The highest BCUT2D eigenvalue weighted by molar-refractivity contribution is 5.47. The molecule has 1 aliphatic rings. The minimum Gasteiger partial charge on any atom is -0.368 e. The number of benzene rings is 1. The lowest BCUT2D eigenvalue weighted by molar-refractivity contribution is 0.244. The van der Waals surface area contributed by atoms with Crippen molar-refractivity contribution in [3.63, 3.8) is 0 Å². The van der Waals surface area contributed by atoms with Crippen molar-refractivity contribution in [1.82, 2.24) is 4.90 Å². The number of rotatable bonds is 6. The molecule has 0 saturated heterocycles. The molecular formula is C19H25N. The van der Waals surface area contributed by atoms with Gasteiger partial charge in [-0.15, -0.1) is 0 Å². The molecule has 0 amide bonds. The van der Waals surface area contributed by atoms with E-state index in [1.165, 1.54) is 23.2 Å². The van der Waals surface area contributed by atoms with Gasteiger partial charge in [0.25, 0.3) is 0 Å². The molecular weight excluding hydrogens is 242 g/mol.